The lowest BCUT2D eigenvalue weighted by Gasteiger charge is -2.04. The van der Waals surface area contributed by atoms with E-state index in [0.717, 1.165) is 23.5 Å². The molecule has 92 valence electrons. The van der Waals surface area contributed by atoms with Crippen LogP contribution in [0.2, 0.25) is 0 Å². The Bertz CT molecular complexity index is 441. The molecular weight excluding hydrogens is 266 g/mol. The number of nitrogens with zero attached hydrogens (tertiary/aromatic N) is 1. The van der Waals surface area contributed by atoms with Gasteiger partial charge in [-0.3, -0.25) is 0 Å². The van der Waals surface area contributed by atoms with E-state index in [1.165, 1.54) is 0 Å². The Labute approximate surface area is 104 Å². The van der Waals surface area contributed by atoms with Crippen LogP contribution in [0, 0.1) is 6.92 Å². The van der Waals surface area contributed by atoms with Crippen molar-refractivity contribution in [1.82, 2.24) is 9.71 Å². The number of nitrogens with one attached hydrogen (secondary N) is 1. The smallest absolute Gasteiger partial charge is 0.252 e. The lowest BCUT2D eigenvalue weighted by atomic mass is 10.5. The molecular formula is C8H15N3O2S3. The quantitative estimate of drug-likeness (QED) is 0.762. The van der Waals surface area contributed by atoms with E-state index in [0.29, 0.717) is 12.2 Å². The fourth-order valence-electron chi connectivity index (χ4n) is 1.14. The second-order valence-corrected chi connectivity index (χ2v) is 7.15. The maximum atomic E-state index is 11.8. The summed E-state index contributed by atoms with van der Waals surface area (Å²) in [6.45, 7) is 2.09. The second-order valence-electron chi connectivity index (χ2n) is 3.17. The van der Waals surface area contributed by atoms with Gasteiger partial charge < -0.3 is 5.73 Å². The largest absolute Gasteiger partial charge is 0.375 e. The lowest BCUT2D eigenvalue weighted by molar-refractivity contribution is 0.582. The van der Waals surface area contributed by atoms with Crippen LogP contribution in [0.15, 0.2) is 4.21 Å². The molecule has 0 saturated heterocycles. The van der Waals surface area contributed by atoms with Crippen molar-refractivity contribution < 1.29 is 8.42 Å². The average Bonchev–Trinajstić information content (AvgIpc) is 2.53. The van der Waals surface area contributed by atoms with E-state index in [1.807, 2.05) is 6.26 Å². The maximum Gasteiger partial charge on any atom is 0.252 e. The third-order valence-electron chi connectivity index (χ3n) is 1.83. The van der Waals surface area contributed by atoms with Gasteiger partial charge in [0.05, 0.1) is 5.69 Å². The lowest BCUT2D eigenvalue weighted by Crippen LogP contribution is -2.25. The summed E-state index contributed by atoms with van der Waals surface area (Å²) in [4.78, 5) is 3.89. The summed E-state index contributed by atoms with van der Waals surface area (Å²) in [6.07, 6.45) is 2.80. The van der Waals surface area contributed by atoms with Gasteiger partial charge in [-0.2, -0.15) is 11.8 Å². The van der Waals surface area contributed by atoms with Gasteiger partial charge in [0.2, 0.25) is 0 Å². The van der Waals surface area contributed by atoms with E-state index in [1.54, 1.807) is 18.7 Å². The summed E-state index contributed by atoms with van der Waals surface area (Å²) < 4.78 is 26.4. The zero-order valence-electron chi connectivity index (χ0n) is 9.19. The van der Waals surface area contributed by atoms with Crippen molar-refractivity contribution >= 4 is 38.3 Å². The predicted molar refractivity (Wildman–Crippen MR) is 69.5 cm³/mol. The first-order valence-electron chi connectivity index (χ1n) is 4.69. The molecule has 0 radical (unpaired) electrons. The number of sulfonamides is 1. The van der Waals surface area contributed by atoms with Gasteiger partial charge in [-0.1, -0.05) is 11.3 Å². The summed E-state index contributed by atoms with van der Waals surface area (Å²) in [7, 11) is -3.43. The standard InChI is InChI=1S/C8H15N3O2S3/c1-6-7(15-8(9)11-6)16(12,13)10-4-3-5-14-2/h10H,3-5H2,1-2H3,(H2,9,11). The zero-order valence-corrected chi connectivity index (χ0v) is 11.6. The Morgan fingerprint density at radius 2 is 2.25 bits per heavy atom. The summed E-state index contributed by atoms with van der Waals surface area (Å²) in [6, 6.07) is 0. The molecule has 1 aromatic heterocycles. The molecule has 0 aliphatic carbocycles. The van der Waals surface area contributed by atoms with Gasteiger partial charge in [-0.05, 0) is 25.4 Å². The van der Waals surface area contributed by atoms with Crippen LogP contribution in [0.3, 0.4) is 0 Å². The van der Waals surface area contributed by atoms with Crippen molar-refractivity contribution in [3.8, 4) is 0 Å². The number of thiazole rings is 1. The molecule has 0 unspecified atom stereocenters. The highest BCUT2D eigenvalue weighted by molar-refractivity contribution is 7.98. The molecule has 1 aromatic rings. The number of nitrogens with two attached hydrogens (primary N) is 1. The normalized spacial score (nSPS) is 11.9. The van der Waals surface area contributed by atoms with Gasteiger partial charge in [-0.25, -0.2) is 18.1 Å². The van der Waals surface area contributed by atoms with Crippen LogP contribution < -0.4 is 10.5 Å². The van der Waals surface area contributed by atoms with Crippen LogP contribution in [-0.4, -0.2) is 32.0 Å². The van der Waals surface area contributed by atoms with E-state index >= 15 is 0 Å². The van der Waals surface area contributed by atoms with Crippen molar-refractivity contribution in [1.29, 1.82) is 0 Å². The molecule has 1 rings (SSSR count). The number of hydrogen-bond donors (Lipinski definition) is 2. The Morgan fingerprint density at radius 3 is 2.75 bits per heavy atom. The van der Waals surface area contributed by atoms with Gasteiger partial charge in [0.1, 0.15) is 0 Å². The summed E-state index contributed by atoms with van der Waals surface area (Å²) in [5.74, 6) is 0.937. The molecule has 0 aliphatic rings. The number of nitrogen functional groups attached to an aromatic ring is 1. The molecule has 5 nitrogen and oxygen atoms in total. The Hall–Kier alpha value is -0.310. The van der Waals surface area contributed by atoms with E-state index in [2.05, 4.69) is 9.71 Å². The van der Waals surface area contributed by atoms with E-state index in [4.69, 9.17) is 5.73 Å². The number of hydrogen-bond acceptors (Lipinski definition) is 6. The molecule has 0 aromatic carbocycles. The minimum Gasteiger partial charge on any atom is -0.375 e. The monoisotopic (exact) mass is 281 g/mol. The molecule has 0 aliphatic heterocycles. The van der Waals surface area contributed by atoms with Crippen LogP contribution in [0.25, 0.3) is 0 Å². The van der Waals surface area contributed by atoms with E-state index < -0.39 is 10.0 Å². The Morgan fingerprint density at radius 1 is 1.56 bits per heavy atom. The number of anilines is 1. The minimum absolute atomic E-state index is 0.217. The van der Waals surface area contributed by atoms with Crippen molar-refractivity contribution in [2.45, 2.75) is 17.6 Å². The van der Waals surface area contributed by atoms with Crippen LogP contribution in [0.5, 0.6) is 0 Å². The third-order valence-corrected chi connectivity index (χ3v) is 5.59. The molecule has 0 saturated carbocycles. The number of aromatic nitrogens is 1. The predicted octanol–water partition coefficient (Wildman–Crippen LogP) is 1.07. The van der Waals surface area contributed by atoms with Crippen molar-refractivity contribution in [2.24, 2.45) is 0 Å². The van der Waals surface area contributed by atoms with Gasteiger partial charge in [-0.15, -0.1) is 0 Å². The molecule has 0 spiro atoms. The van der Waals surface area contributed by atoms with Crippen LogP contribution >= 0.6 is 23.1 Å². The first-order chi connectivity index (χ1) is 7.47. The van der Waals surface area contributed by atoms with E-state index in [-0.39, 0.29) is 9.34 Å². The van der Waals surface area contributed by atoms with Crippen LogP contribution in [0.1, 0.15) is 12.1 Å². The van der Waals surface area contributed by atoms with Gasteiger partial charge in [0.15, 0.2) is 9.34 Å². The van der Waals surface area contributed by atoms with Gasteiger partial charge >= 0.3 is 0 Å². The van der Waals surface area contributed by atoms with Gasteiger partial charge in [0, 0.05) is 6.54 Å². The topological polar surface area (TPSA) is 85.1 Å². The molecule has 0 bridgehead atoms. The Balaban J connectivity index is 2.67. The number of thioether (sulfide) groups is 1. The van der Waals surface area contributed by atoms with Crippen molar-refractivity contribution in [2.75, 3.05) is 24.3 Å². The maximum absolute atomic E-state index is 11.8. The van der Waals surface area contributed by atoms with Crippen molar-refractivity contribution in [3.63, 3.8) is 0 Å². The first-order valence-corrected chi connectivity index (χ1v) is 8.38. The highest BCUT2D eigenvalue weighted by atomic mass is 32.2. The fraction of sp³-hybridized carbons (Fsp3) is 0.625. The number of aryl methyl sites for hydroxylation is 1. The summed E-state index contributed by atoms with van der Waals surface area (Å²) in [5, 5.41) is 0.280. The van der Waals surface area contributed by atoms with Gasteiger partial charge in [0.25, 0.3) is 10.0 Å². The highest BCUT2D eigenvalue weighted by Crippen LogP contribution is 2.24. The SMILES string of the molecule is CSCCCNS(=O)(=O)c1sc(N)nc1C. The van der Waals surface area contributed by atoms with E-state index in [9.17, 15) is 8.42 Å². The molecule has 3 N–H and O–H groups in total. The van der Waals surface area contributed by atoms with Crippen LogP contribution in [0.4, 0.5) is 5.13 Å². The second kappa shape index (κ2) is 5.85. The summed E-state index contributed by atoms with van der Waals surface area (Å²) >= 11 is 2.69. The molecule has 8 heteroatoms. The highest BCUT2D eigenvalue weighted by Gasteiger charge is 2.20. The molecule has 0 amide bonds. The van der Waals surface area contributed by atoms with Crippen LogP contribution in [-0.2, 0) is 10.0 Å². The number of rotatable bonds is 6. The fourth-order valence-corrected chi connectivity index (χ4v) is 3.99. The third kappa shape index (κ3) is 3.62. The molecule has 16 heavy (non-hydrogen) atoms. The minimum atomic E-state index is -3.43. The average molecular weight is 281 g/mol. The zero-order chi connectivity index (χ0) is 12.2. The molecule has 0 fully saturated rings. The molecule has 0 atom stereocenters. The Kier molecular flexibility index (Phi) is 5.03. The summed E-state index contributed by atoms with van der Waals surface area (Å²) in [5.41, 5.74) is 5.92. The molecule has 1 heterocycles. The van der Waals surface area contributed by atoms with Crippen molar-refractivity contribution in [3.05, 3.63) is 5.69 Å². The first kappa shape index (κ1) is 13.8.